The lowest BCUT2D eigenvalue weighted by Gasteiger charge is -2.40. The lowest BCUT2D eigenvalue weighted by molar-refractivity contribution is -0.123. The highest BCUT2D eigenvalue weighted by molar-refractivity contribution is 5.88. The van der Waals surface area contributed by atoms with Crippen molar-refractivity contribution in [2.24, 2.45) is 5.41 Å². The molecule has 41 heavy (non-hydrogen) atoms. The molecule has 0 saturated carbocycles. The molecule has 10 heteroatoms. The van der Waals surface area contributed by atoms with Crippen LogP contribution in [0.15, 0.2) is 36.8 Å². The monoisotopic (exact) mass is 560 g/mol. The Kier molecular flexibility index (Phi) is 8.86. The van der Waals surface area contributed by atoms with Crippen molar-refractivity contribution in [1.29, 1.82) is 5.26 Å². The molecular weight excluding hydrogens is 520 g/mol. The van der Waals surface area contributed by atoms with Crippen LogP contribution < -0.4 is 15.0 Å². The second-order valence-corrected chi connectivity index (χ2v) is 11.9. The number of fused-ring (bicyclic) bond motifs is 1. The van der Waals surface area contributed by atoms with Gasteiger partial charge in [-0.2, -0.15) is 10.4 Å². The molecule has 4 rings (SSSR count). The van der Waals surface area contributed by atoms with Gasteiger partial charge >= 0.3 is 6.09 Å². The highest BCUT2D eigenvalue weighted by Crippen LogP contribution is 2.37. The number of anilines is 1. The molecule has 3 aromatic rings. The first-order chi connectivity index (χ1) is 19.4. The molecule has 0 bridgehead atoms. The molecule has 1 atom stereocenters. The average Bonchev–Trinajstić information content (AvgIpc) is 3.34. The van der Waals surface area contributed by atoms with Crippen LogP contribution in [0.1, 0.15) is 72.8 Å². The minimum absolute atomic E-state index is 0.0361. The van der Waals surface area contributed by atoms with Gasteiger partial charge in [0, 0.05) is 36.8 Å². The highest BCUT2D eigenvalue weighted by atomic mass is 16.6. The van der Waals surface area contributed by atoms with E-state index in [4.69, 9.17) is 14.5 Å². The molecule has 0 radical (unpaired) electrons. The van der Waals surface area contributed by atoms with Gasteiger partial charge in [-0.15, -0.1) is 0 Å². The lowest BCUT2D eigenvalue weighted by Crippen LogP contribution is -2.46. The molecule has 1 N–H and O–H groups in total. The topological polar surface area (TPSA) is 122 Å². The fourth-order valence-corrected chi connectivity index (χ4v) is 5.23. The molecule has 10 nitrogen and oxygen atoms in total. The number of amides is 1. The Balaban J connectivity index is 1.42. The molecule has 1 fully saturated rings. The van der Waals surface area contributed by atoms with Crippen LogP contribution in [0.3, 0.4) is 0 Å². The SMILES string of the molecule is CCOc1cc(-c2ccc(N3CCC(C)(CC(=O)[C@H](CC)NC(=O)OC(C)(C)C)CC3)nc2)c2c(C#N)cnn2c1. The second kappa shape index (κ2) is 12.2. The summed E-state index contributed by atoms with van der Waals surface area (Å²) in [4.78, 5) is 32.3. The number of hydrogen-bond donors (Lipinski definition) is 1. The third-order valence-electron chi connectivity index (χ3n) is 7.46. The van der Waals surface area contributed by atoms with E-state index < -0.39 is 17.7 Å². The summed E-state index contributed by atoms with van der Waals surface area (Å²) < 4.78 is 12.7. The van der Waals surface area contributed by atoms with Crippen molar-refractivity contribution in [2.45, 2.75) is 78.9 Å². The minimum Gasteiger partial charge on any atom is -0.492 e. The van der Waals surface area contributed by atoms with Crippen molar-refractivity contribution < 1.29 is 19.1 Å². The van der Waals surface area contributed by atoms with Crippen molar-refractivity contribution >= 4 is 23.2 Å². The van der Waals surface area contributed by atoms with Crippen LogP contribution in [-0.2, 0) is 9.53 Å². The number of ether oxygens (including phenoxy) is 2. The second-order valence-electron chi connectivity index (χ2n) is 11.9. The van der Waals surface area contributed by atoms with Crippen molar-refractivity contribution in [2.75, 3.05) is 24.6 Å². The van der Waals surface area contributed by atoms with Crippen molar-refractivity contribution in [3.05, 3.63) is 42.4 Å². The summed E-state index contributed by atoms with van der Waals surface area (Å²) >= 11 is 0. The molecule has 4 heterocycles. The number of alkyl carbamates (subject to hydrolysis) is 1. The van der Waals surface area contributed by atoms with Gasteiger partial charge in [-0.1, -0.05) is 13.8 Å². The minimum atomic E-state index is -0.616. The number of Topliss-reactive ketones (excluding diaryl/α,β-unsaturated/α-hetero) is 1. The Labute approximate surface area is 241 Å². The Morgan fingerprint density at radius 3 is 2.51 bits per heavy atom. The first kappa shape index (κ1) is 29.8. The Bertz CT molecular complexity index is 1430. The number of nitrogens with one attached hydrogen (secondary N) is 1. The van der Waals surface area contributed by atoms with Crippen LogP contribution >= 0.6 is 0 Å². The largest absolute Gasteiger partial charge is 0.492 e. The van der Waals surface area contributed by atoms with E-state index in [0.29, 0.717) is 30.8 Å². The van der Waals surface area contributed by atoms with Gasteiger partial charge in [0.25, 0.3) is 0 Å². The van der Waals surface area contributed by atoms with Crippen LogP contribution in [0, 0.1) is 16.7 Å². The lowest BCUT2D eigenvalue weighted by atomic mass is 9.75. The summed E-state index contributed by atoms with van der Waals surface area (Å²) in [5.74, 6) is 1.57. The van der Waals surface area contributed by atoms with Gasteiger partial charge in [-0.05, 0) is 70.6 Å². The van der Waals surface area contributed by atoms with Crippen molar-refractivity contribution in [3.63, 3.8) is 0 Å². The van der Waals surface area contributed by atoms with Crippen molar-refractivity contribution in [1.82, 2.24) is 19.9 Å². The zero-order chi connectivity index (χ0) is 29.8. The quantitative estimate of drug-likeness (QED) is 0.362. The number of carbonyl (C=O) groups is 2. The zero-order valence-electron chi connectivity index (χ0n) is 24.9. The van der Waals surface area contributed by atoms with E-state index in [1.165, 1.54) is 0 Å². The number of pyridine rings is 2. The number of nitriles is 1. The molecular formula is C31H40N6O4. The van der Waals surface area contributed by atoms with Gasteiger partial charge in [-0.25, -0.2) is 14.3 Å². The first-order valence-electron chi connectivity index (χ1n) is 14.2. The fourth-order valence-electron chi connectivity index (χ4n) is 5.23. The summed E-state index contributed by atoms with van der Waals surface area (Å²) in [5.41, 5.74) is 2.14. The zero-order valence-corrected chi connectivity index (χ0v) is 24.9. The normalized spacial score (nSPS) is 15.7. The predicted octanol–water partition coefficient (Wildman–Crippen LogP) is 5.54. The maximum absolute atomic E-state index is 13.1. The van der Waals surface area contributed by atoms with Gasteiger partial charge in [0.05, 0.1) is 36.1 Å². The maximum atomic E-state index is 13.1. The molecule has 0 spiro atoms. The van der Waals surface area contributed by atoms with Crippen LogP contribution in [0.5, 0.6) is 5.75 Å². The summed E-state index contributed by atoms with van der Waals surface area (Å²) in [6.45, 7) is 13.4. The number of ketones is 1. The van der Waals surface area contributed by atoms with E-state index >= 15 is 0 Å². The standard InChI is InChI=1S/C31H40N6O4/c1-7-25(35-29(39)41-30(3,4)5)26(38)16-31(6)11-13-36(14-12-31)27-10-9-21(18-33-27)24-15-23(40-8-2)20-37-28(24)22(17-32)19-34-37/h9-10,15,18-20,25H,7-8,11-14,16H2,1-6H3,(H,35,39)/t25-/m0/s1. The highest BCUT2D eigenvalue weighted by Gasteiger charge is 2.35. The van der Waals surface area contributed by atoms with Crippen LogP contribution in [-0.4, -0.2) is 57.8 Å². The van der Waals surface area contributed by atoms with Gasteiger partial charge < -0.3 is 19.7 Å². The number of carbonyl (C=O) groups excluding carboxylic acids is 2. The van der Waals surface area contributed by atoms with E-state index in [0.717, 1.165) is 48.4 Å². The Morgan fingerprint density at radius 1 is 1.20 bits per heavy atom. The number of nitrogens with zero attached hydrogens (tertiary/aromatic N) is 5. The predicted molar refractivity (Wildman–Crippen MR) is 157 cm³/mol. The summed E-state index contributed by atoms with van der Waals surface area (Å²) in [7, 11) is 0. The van der Waals surface area contributed by atoms with E-state index in [-0.39, 0.29) is 11.2 Å². The van der Waals surface area contributed by atoms with E-state index in [1.54, 1.807) is 37.7 Å². The van der Waals surface area contributed by atoms with Gasteiger partial charge in [-0.3, -0.25) is 4.79 Å². The summed E-state index contributed by atoms with van der Waals surface area (Å²) in [5, 5.41) is 16.7. The van der Waals surface area contributed by atoms with Crippen LogP contribution in [0.4, 0.5) is 10.6 Å². The van der Waals surface area contributed by atoms with Crippen molar-refractivity contribution in [3.8, 4) is 22.9 Å². The maximum Gasteiger partial charge on any atom is 0.408 e. The molecule has 0 aliphatic carbocycles. The number of piperidine rings is 1. The van der Waals surface area contributed by atoms with Crippen LogP contribution in [0.2, 0.25) is 0 Å². The number of rotatable bonds is 9. The smallest absolute Gasteiger partial charge is 0.408 e. The molecule has 0 unspecified atom stereocenters. The molecule has 3 aromatic heterocycles. The molecule has 218 valence electrons. The van der Waals surface area contributed by atoms with Gasteiger partial charge in [0.2, 0.25) is 0 Å². The first-order valence-corrected chi connectivity index (χ1v) is 14.2. The van der Waals surface area contributed by atoms with E-state index in [2.05, 4.69) is 28.3 Å². The molecule has 0 aromatic carbocycles. The molecule has 1 aliphatic rings. The molecule has 1 aliphatic heterocycles. The third kappa shape index (κ3) is 7.15. The number of hydrogen-bond acceptors (Lipinski definition) is 8. The Hall–Kier alpha value is -4.13. The summed E-state index contributed by atoms with van der Waals surface area (Å²) in [6.07, 6.45) is 7.19. The van der Waals surface area contributed by atoms with Gasteiger partial charge in [0.15, 0.2) is 5.78 Å². The van der Waals surface area contributed by atoms with Crippen LogP contribution in [0.25, 0.3) is 16.6 Å². The molecule has 1 saturated heterocycles. The average molecular weight is 561 g/mol. The van der Waals surface area contributed by atoms with E-state index in [1.807, 2.05) is 38.2 Å². The van der Waals surface area contributed by atoms with Gasteiger partial charge in [0.1, 0.15) is 23.2 Å². The summed E-state index contributed by atoms with van der Waals surface area (Å²) in [6, 6.07) is 7.58. The number of aromatic nitrogens is 3. The van der Waals surface area contributed by atoms with E-state index in [9.17, 15) is 14.9 Å². The Morgan fingerprint density at radius 2 is 1.93 bits per heavy atom. The third-order valence-corrected chi connectivity index (χ3v) is 7.46. The fraction of sp³-hybridized carbons (Fsp3) is 0.516. The molecule has 1 amide bonds.